The number of fused-ring (bicyclic) bond motifs is 1. The summed E-state index contributed by atoms with van der Waals surface area (Å²) in [6, 6.07) is 8.70. The first kappa shape index (κ1) is 21.1. The van der Waals surface area contributed by atoms with E-state index < -0.39 is 0 Å². The lowest BCUT2D eigenvalue weighted by atomic mass is 9.99. The summed E-state index contributed by atoms with van der Waals surface area (Å²) in [6.07, 6.45) is 6.40. The Morgan fingerprint density at radius 2 is 2.00 bits per heavy atom. The molecule has 2 heterocycles. The summed E-state index contributed by atoms with van der Waals surface area (Å²) in [6.45, 7) is 17.6. The van der Waals surface area contributed by atoms with Gasteiger partial charge >= 0.3 is 0 Å². The summed E-state index contributed by atoms with van der Waals surface area (Å²) >= 11 is 0. The Morgan fingerprint density at radius 1 is 1.28 bits per heavy atom. The van der Waals surface area contributed by atoms with Crippen LogP contribution in [-0.2, 0) is 13.0 Å². The van der Waals surface area contributed by atoms with Crippen LogP contribution < -0.4 is 0 Å². The third kappa shape index (κ3) is 5.06. The van der Waals surface area contributed by atoms with E-state index in [0.29, 0.717) is 6.67 Å². The highest BCUT2D eigenvalue weighted by atomic mass is 15.3. The highest BCUT2D eigenvalue weighted by Gasteiger charge is 2.23. The van der Waals surface area contributed by atoms with Crippen LogP contribution in [0.4, 0.5) is 0 Å². The number of rotatable bonds is 6. The van der Waals surface area contributed by atoms with E-state index in [1.807, 2.05) is 0 Å². The number of hydrogen-bond donors (Lipinski definition) is 0. The maximum Gasteiger partial charge on any atom is 0.119 e. The van der Waals surface area contributed by atoms with Crippen molar-refractivity contribution in [1.82, 2.24) is 9.80 Å². The van der Waals surface area contributed by atoms with Gasteiger partial charge in [0.25, 0.3) is 0 Å². The third-order valence-corrected chi connectivity index (χ3v) is 5.62. The van der Waals surface area contributed by atoms with Gasteiger partial charge in [0, 0.05) is 24.5 Å². The maximum atomic E-state index is 4.92. The summed E-state index contributed by atoms with van der Waals surface area (Å²) in [7, 11) is 0. The molecule has 1 aromatic carbocycles. The molecule has 2 aliphatic heterocycles. The van der Waals surface area contributed by atoms with Crippen molar-refractivity contribution < 1.29 is 0 Å². The van der Waals surface area contributed by atoms with E-state index in [4.69, 9.17) is 9.98 Å². The second-order valence-electron chi connectivity index (χ2n) is 8.15. The van der Waals surface area contributed by atoms with Crippen molar-refractivity contribution in [3.8, 4) is 0 Å². The lowest BCUT2D eigenvalue weighted by molar-refractivity contribution is 0.279. The maximum absolute atomic E-state index is 4.92. The van der Waals surface area contributed by atoms with Gasteiger partial charge in [0.15, 0.2) is 0 Å². The lowest BCUT2D eigenvalue weighted by Gasteiger charge is -2.35. The molecule has 0 aliphatic carbocycles. The quantitative estimate of drug-likeness (QED) is 0.614. The molecular formula is C25H34N4. The van der Waals surface area contributed by atoms with Crippen LogP contribution in [0.1, 0.15) is 52.2 Å². The minimum Gasteiger partial charge on any atom is -0.366 e. The van der Waals surface area contributed by atoms with Gasteiger partial charge in [-0.05, 0) is 63.8 Å². The first-order chi connectivity index (χ1) is 13.9. The van der Waals surface area contributed by atoms with Gasteiger partial charge < -0.3 is 9.80 Å². The zero-order valence-electron chi connectivity index (χ0n) is 18.6. The Labute approximate surface area is 176 Å². The van der Waals surface area contributed by atoms with E-state index in [0.717, 1.165) is 43.1 Å². The van der Waals surface area contributed by atoms with Gasteiger partial charge in [-0.25, -0.2) is 0 Å². The van der Waals surface area contributed by atoms with Crippen LogP contribution in [0.15, 0.2) is 69.9 Å². The number of benzene rings is 1. The topological polar surface area (TPSA) is 31.2 Å². The molecule has 0 amide bonds. The van der Waals surface area contributed by atoms with Crippen molar-refractivity contribution in [2.45, 2.75) is 60.2 Å². The van der Waals surface area contributed by atoms with E-state index in [2.05, 4.69) is 87.4 Å². The first-order valence-corrected chi connectivity index (χ1v) is 10.6. The average molecular weight is 391 g/mol. The Bertz CT molecular complexity index is 884. The second kappa shape index (κ2) is 9.25. The largest absolute Gasteiger partial charge is 0.366 e. The van der Waals surface area contributed by atoms with Crippen molar-refractivity contribution in [2.24, 2.45) is 9.98 Å². The zero-order valence-corrected chi connectivity index (χ0v) is 18.6. The van der Waals surface area contributed by atoms with Crippen LogP contribution in [0.3, 0.4) is 0 Å². The monoisotopic (exact) mass is 390 g/mol. The Hall–Kier alpha value is -2.62. The van der Waals surface area contributed by atoms with Crippen LogP contribution in [0.2, 0.25) is 0 Å². The summed E-state index contributed by atoms with van der Waals surface area (Å²) in [5, 5.41) is 0. The van der Waals surface area contributed by atoms with E-state index >= 15 is 0 Å². The van der Waals surface area contributed by atoms with Crippen LogP contribution >= 0.6 is 0 Å². The average Bonchev–Trinajstić information content (AvgIpc) is 2.71. The minimum absolute atomic E-state index is 0.0669. The predicted molar refractivity (Wildman–Crippen MR) is 124 cm³/mol. The molecule has 1 atom stereocenters. The summed E-state index contributed by atoms with van der Waals surface area (Å²) < 4.78 is 0. The van der Waals surface area contributed by atoms with E-state index in [9.17, 15) is 0 Å². The summed E-state index contributed by atoms with van der Waals surface area (Å²) in [5.41, 5.74) is 8.47. The van der Waals surface area contributed by atoms with Crippen molar-refractivity contribution in [3.63, 3.8) is 0 Å². The van der Waals surface area contributed by atoms with Crippen LogP contribution in [0.25, 0.3) is 0 Å². The minimum atomic E-state index is 0.0669. The van der Waals surface area contributed by atoms with Gasteiger partial charge in [-0.2, -0.15) is 0 Å². The number of nitrogens with zero attached hydrogens (tertiary/aromatic N) is 4. The molecule has 0 fully saturated rings. The lowest BCUT2D eigenvalue weighted by Crippen LogP contribution is -2.37. The SMILES string of the molecule is C=C(C1=NCN(C(C)/N=C(\C=C(C)C)CC)C(C)=C1)N1CCc2ccccc2C1. The van der Waals surface area contributed by atoms with Gasteiger partial charge in [0.2, 0.25) is 0 Å². The number of aliphatic imine (C=N–C) groups is 2. The molecule has 3 rings (SSSR count). The Kier molecular flexibility index (Phi) is 6.73. The molecule has 4 heteroatoms. The van der Waals surface area contributed by atoms with Gasteiger partial charge in [-0.3, -0.25) is 9.98 Å². The number of allylic oxidation sites excluding steroid dienone is 4. The van der Waals surface area contributed by atoms with Crippen LogP contribution in [0, 0.1) is 0 Å². The van der Waals surface area contributed by atoms with E-state index in [1.54, 1.807) is 0 Å². The fourth-order valence-corrected chi connectivity index (χ4v) is 3.94. The second-order valence-corrected chi connectivity index (χ2v) is 8.15. The van der Waals surface area contributed by atoms with Crippen molar-refractivity contribution in [3.05, 3.63) is 71.1 Å². The highest BCUT2D eigenvalue weighted by molar-refractivity contribution is 6.08. The number of hydrogen-bond acceptors (Lipinski definition) is 4. The molecule has 0 saturated heterocycles. The molecule has 0 saturated carbocycles. The molecule has 29 heavy (non-hydrogen) atoms. The van der Waals surface area contributed by atoms with Crippen LogP contribution in [0.5, 0.6) is 0 Å². The summed E-state index contributed by atoms with van der Waals surface area (Å²) in [5.74, 6) is 0. The summed E-state index contributed by atoms with van der Waals surface area (Å²) in [4.78, 5) is 14.4. The molecular weight excluding hydrogens is 356 g/mol. The third-order valence-electron chi connectivity index (χ3n) is 5.62. The fraction of sp³-hybridized carbons (Fsp3) is 0.440. The van der Waals surface area contributed by atoms with E-state index in [1.165, 1.54) is 22.4 Å². The molecule has 0 spiro atoms. The van der Waals surface area contributed by atoms with Crippen LogP contribution in [-0.4, -0.2) is 40.6 Å². The van der Waals surface area contributed by atoms with E-state index in [-0.39, 0.29) is 6.17 Å². The molecule has 1 aromatic rings. The van der Waals surface area contributed by atoms with Crippen molar-refractivity contribution in [1.29, 1.82) is 0 Å². The molecule has 4 nitrogen and oxygen atoms in total. The molecule has 0 bridgehead atoms. The van der Waals surface area contributed by atoms with Crippen molar-refractivity contribution >= 4 is 11.4 Å². The Morgan fingerprint density at radius 3 is 2.66 bits per heavy atom. The molecule has 0 radical (unpaired) electrons. The standard InChI is InChI=1S/C25H34N4/c1-7-24(14-18(2)3)27-21(6)29-17-26-25(15-19(29)4)20(5)28-13-12-22-10-8-9-11-23(22)16-28/h8-11,14-15,21H,5,7,12-13,16-17H2,1-4,6H3/b27-24-. The fourth-order valence-electron chi connectivity index (χ4n) is 3.94. The van der Waals surface area contributed by atoms with Gasteiger partial charge in [0.05, 0.1) is 11.4 Å². The van der Waals surface area contributed by atoms with Gasteiger partial charge in [0.1, 0.15) is 12.8 Å². The van der Waals surface area contributed by atoms with Gasteiger partial charge in [-0.1, -0.05) is 43.3 Å². The van der Waals surface area contributed by atoms with Gasteiger partial charge in [-0.15, -0.1) is 0 Å². The zero-order chi connectivity index (χ0) is 21.0. The molecule has 0 N–H and O–H groups in total. The van der Waals surface area contributed by atoms with Crippen molar-refractivity contribution in [2.75, 3.05) is 13.2 Å². The highest BCUT2D eigenvalue weighted by Crippen LogP contribution is 2.24. The smallest absolute Gasteiger partial charge is 0.119 e. The first-order valence-electron chi connectivity index (χ1n) is 10.6. The molecule has 1 unspecified atom stereocenters. The predicted octanol–water partition coefficient (Wildman–Crippen LogP) is 5.34. The Balaban J connectivity index is 1.69. The normalized spacial score (nSPS) is 17.9. The molecule has 2 aliphatic rings. The molecule has 154 valence electrons. The molecule has 0 aromatic heterocycles.